The van der Waals surface area contributed by atoms with Crippen LogP contribution in [0, 0.1) is 5.41 Å². The Morgan fingerprint density at radius 3 is 2.14 bits per heavy atom. The topological polar surface area (TPSA) is 57.6 Å². The first-order valence-electron chi connectivity index (χ1n) is 19.8. The highest BCUT2D eigenvalue weighted by molar-refractivity contribution is 6.19. The largest absolute Gasteiger partial charge is 0.478 e. The van der Waals surface area contributed by atoms with Crippen molar-refractivity contribution in [2.45, 2.75) is 59.8 Å². The summed E-state index contributed by atoms with van der Waals surface area (Å²) >= 11 is 0. The molecule has 0 fully saturated rings. The second-order valence-electron chi connectivity index (χ2n) is 16.7. The molecule has 0 spiro atoms. The molecule has 1 N–H and O–H groups in total. The quantitative estimate of drug-likeness (QED) is 0.119. The Kier molecular flexibility index (Phi) is 9.40. The summed E-state index contributed by atoms with van der Waals surface area (Å²) in [6, 6.07) is 37.0. The lowest BCUT2D eigenvalue weighted by Crippen LogP contribution is -2.28. The van der Waals surface area contributed by atoms with Crippen molar-refractivity contribution in [2.24, 2.45) is 5.41 Å². The van der Waals surface area contributed by atoms with Gasteiger partial charge in [0.05, 0.1) is 5.56 Å². The van der Waals surface area contributed by atoms with Crippen LogP contribution in [-0.2, 0) is 5.41 Å². The molecule has 0 aromatic heterocycles. The lowest BCUT2D eigenvalue weighted by Gasteiger charge is -2.40. The maximum absolute atomic E-state index is 14.4. The number of nitrogens with zero attached hydrogens (tertiary/aromatic N) is 1. The van der Waals surface area contributed by atoms with E-state index in [4.69, 9.17) is 0 Å². The second kappa shape index (κ2) is 14.3. The molecule has 6 aromatic rings. The van der Waals surface area contributed by atoms with Crippen LogP contribution in [-0.4, -0.2) is 29.9 Å². The number of allylic oxidation sites excluding steroid dienone is 5. The van der Waals surface area contributed by atoms with Crippen molar-refractivity contribution >= 4 is 50.6 Å². The van der Waals surface area contributed by atoms with Gasteiger partial charge in [0.1, 0.15) is 0 Å². The van der Waals surface area contributed by atoms with Crippen molar-refractivity contribution in [3.8, 4) is 22.3 Å². The van der Waals surface area contributed by atoms with Crippen molar-refractivity contribution in [1.29, 1.82) is 0 Å². The fraction of sp³-hybridized carbons (Fsp3) is 0.231. The van der Waals surface area contributed by atoms with E-state index in [2.05, 4.69) is 119 Å². The van der Waals surface area contributed by atoms with Crippen LogP contribution in [0.25, 0.3) is 55.4 Å². The van der Waals surface area contributed by atoms with E-state index < -0.39 is 5.97 Å². The van der Waals surface area contributed by atoms with Gasteiger partial charge < -0.3 is 10.0 Å². The number of benzene rings is 6. The highest BCUT2D eigenvalue weighted by Gasteiger charge is 2.37. The predicted molar refractivity (Wildman–Crippen MR) is 235 cm³/mol. The molecular formula is C52H49NO3. The molecule has 0 amide bonds. The van der Waals surface area contributed by atoms with Gasteiger partial charge >= 0.3 is 5.97 Å². The summed E-state index contributed by atoms with van der Waals surface area (Å²) < 4.78 is 0. The van der Waals surface area contributed by atoms with Crippen LogP contribution < -0.4 is 4.90 Å². The highest BCUT2D eigenvalue weighted by atomic mass is 16.4. The average Bonchev–Trinajstić information content (AvgIpc) is 3.19. The summed E-state index contributed by atoms with van der Waals surface area (Å²) in [6.07, 6.45) is 10.2. The molecule has 8 rings (SSSR count). The standard InChI is InChI=1S/C52H49NO3/c1-7-53(8-2)40-22-18-35(19-23-40)45-30-38(29-37-21-25-44-41-27-28-51(3,4)31-39(41)32-52(5,6)49(44)47(37)45)43-24-20-34-11-9-10-12-42(34)48(43)46(54)26-15-33-13-16-36(17-14-33)50(55)56/h9-30H,7-8,31-32H2,1-6H3,(H,55,56)/b26-15+. The smallest absolute Gasteiger partial charge is 0.335 e. The Morgan fingerprint density at radius 2 is 1.43 bits per heavy atom. The normalized spacial score (nSPS) is 15.6. The number of rotatable bonds is 9. The van der Waals surface area contributed by atoms with Gasteiger partial charge in [-0.15, -0.1) is 0 Å². The third kappa shape index (κ3) is 6.68. The van der Waals surface area contributed by atoms with Crippen LogP contribution >= 0.6 is 0 Å². The minimum absolute atomic E-state index is 0.0934. The van der Waals surface area contributed by atoms with Crippen LogP contribution in [0.4, 0.5) is 5.69 Å². The van der Waals surface area contributed by atoms with Crippen LogP contribution in [0.1, 0.15) is 91.8 Å². The Hall–Kier alpha value is -6.00. The van der Waals surface area contributed by atoms with Crippen molar-refractivity contribution in [3.05, 3.63) is 161 Å². The van der Waals surface area contributed by atoms with Crippen LogP contribution in [0.2, 0.25) is 0 Å². The van der Waals surface area contributed by atoms with Gasteiger partial charge in [-0.3, -0.25) is 4.79 Å². The third-order valence-corrected chi connectivity index (χ3v) is 11.9. The molecular weight excluding hydrogens is 687 g/mol. The van der Waals surface area contributed by atoms with E-state index in [0.29, 0.717) is 5.56 Å². The van der Waals surface area contributed by atoms with Crippen molar-refractivity contribution in [3.63, 3.8) is 0 Å². The number of hydrogen-bond acceptors (Lipinski definition) is 3. The van der Waals surface area contributed by atoms with E-state index in [1.807, 2.05) is 24.3 Å². The van der Waals surface area contributed by atoms with Gasteiger partial charge in [-0.2, -0.15) is 0 Å². The molecule has 4 nitrogen and oxygen atoms in total. The van der Waals surface area contributed by atoms with E-state index in [-0.39, 0.29) is 22.2 Å². The summed E-state index contributed by atoms with van der Waals surface area (Å²) in [5.41, 5.74) is 12.7. The minimum Gasteiger partial charge on any atom is -0.478 e. The molecule has 0 aliphatic heterocycles. The van der Waals surface area contributed by atoms with E-state index >= 15 is 0 Å². The first-order chi connectivity index (χ1) is 26.9. The number of fused-ring (bicyclic) bond motifs is 5. The van der Waals surface area contributed by atoms with Gasteiger partial charge in [0, 0.05) is 24.3 Å². The van der Waals surface area contributed by atoms with Gasteiger partial charge in [0.2, 0.25) is 0 Å². The zero-order chi connectivity index (χ0) is 39.4. The van der Waals surface area contributed by atoms with Gasteiger partial charge in [-0.25, -0.2) is 4.79 Å². The van der Waals surface area contributed by atoms with Crippen molar-refractivity contribution in [2.75, 3.05) is 18.0 Å². The van der Waals surface area contributed by atoms with Crippen LogP contribution in [0.3, 0.4) is 0 Å². The molecule has 280 valence electrons. The molecule has 0 saturated heterocycles. The highest BCUT2D eigenvalue weighted by Crippen LogP contribution is 2.53. The number of carboxylic acid groups (broad SMARTS) is 1. The van der Waals surface area contributed by atoms with Gasteiger partial charge in [-0.1, -0.05) is 124 Å². The fourth-order valence-corrected chi connectivity index (χ4v) is 9.18. The van der Waals surface area contributed by atoms with Crippen molar-refractivity contribution < 1.29 is 14.7 Å². The molecule has 0 heterocycles. The number of carbonyl (C=O) groups excluding carboxylic acids is 1. The Bertz CT molecular complexity index is 2630. The average molecular weight is 736 g/mol. The lowest BCUT2D eigenvalue weighted by atomic mass is 9.63. The van der Waals surface area contributed by atoms with Gasteiger partial charge in [-0.05, 0) is 146 Å². The van der Waals surface area contributed by atoms with Gasteiger partial charge in [0.25, 0.3) is 0 Å². The van der Waals surface area contributed by atoms with E-state index in [0.717, 1.165) is 64.3 Å². The maximum Gasteiger partial charge on any atom is 0.335 e. The zero-order valence-corrected chi connectivity index (χ0v) is 33.2. The van der Waals surface area contributed by atoms with Crippen LogP contribution in [0.15, 0.2) is 133 Å². The number of hydrogen-bond donors (Lipinski definition) is 1. The molecule has 0 unspecified atom stereocenters. The first-order valence-corrected chi connectivity index (χ1v) is 19.8. The van der Waals surface area contributed by atoms with Gasteiger partial charge in [0.15, 0.2) is 5.78 Å². The Labute approximate surface area is 330 Å². The fourth-order valence-electron chi connectivity index (χ4n) is 9.18. The van der Waals surface area contributed by atoms with Crippen molar-refractivity contribution in [1.82, 2.24) is 0 Å². The minimum atomic E-state index is -0.979. The summed E-state index contributed by atoms with van der Waals surface area (Å²) in [4.78, 5) is 28.2. The number of anilines is 1. The molecule has 2 aliphatic rings. The molecule has 6 aromatic carbocycles. The summed E-state index contributed by atoms with van der Waals surface area (Å²) in [6.45, 7) is 15.7. The summed E-state index contributed by atoms with van der Waals surface area (Å²) in [7, 11) is 0. The number of aromatic carboxylic acids is 1. The maximum atomic E-state index is 14.4. The predicted octanol–water partition coefficient (Wildman–Crippen LogP) is 13.2. The number of ketones is 1. The molecule has 0 atom stereocenters. The monoisotopic (exact) mass is 735 g/mol. The summed E-state index contributed by atoms with van der Waals surface area (Å²) in [5, 5.41) is 13.7. The molecule has 0 bridgehead atoms. The SMILES string of the molecule is CCN(CC)c1ccc(-c2cc(-c3ccc4ccccc4c3C(=O)/C=C/c3ccc(C(=O)O)cc3)cc3ccc4c(c23)C(C)(C)CC2=C4C=CC(C)(C)C2)cc1. The van der Waals surface area contributed by atoms with Crippen LogP contribution in [0.5, 0.6) is 0 Å². The summed E-state index contributed by atoms with van der Waals surface area (Å²) in [5.74, 6) is -1.09. The van der Waals surface area contributed by atoms with E-state index in [1.54, 1.807) is 42.0 Å². The third-order valence-electron chi connectivity index (χ3n) is 11.9. The molecule has 56 heavy (non-hydrogen) atoms. The molecule has 2 aliphatic carbocycles. The number of carbonyl (C=O) groups is 2. The lowest BCUT2D eigenvalue weighted by molar-refractivity contribution is 0.0696. The van der Waals surface area contributed by atoms with E-state index in [9.17, 15) is 14.7 Å². The van der Waals surface area contributed by atoms with E-state index in [1.165, 1.54) is 33.3 Å². The Balaban J connectivity index is 1.35. The first kappa shape index (κ1) is 36.9. The molecule has 0 radical (unpaired) electrons. The second-order valence-corrected chi connectivity index (χ2v) is 16.7. The molecule has 0 saturated carbocycles. The number of carboxylic acids is 1. The molecule has 4 heteroatoms. The Morgan fingerprint density at radius 1 is 0.732 bits per heavy atom. The zero-order valence-electron chi connectivity index (χ0n) is 33.2.